The van der Waals surface area contributed by atoms with Gasteiger partial charge in [-0.15, -0.1) is 11.3 Å². The summed E-state index contributed by atoms with van der Waals surface area (Å²) in [6.45, 7) is 4.15. The summed E-state index contributed by atoms with van der Waals surface area (Å²) >= 11 is 1.40. The van der Waals surface area contributed by atoms with Crippen molar-refractivity contribution in [2.24, 2.45) is 5.92 Å². The highest BCUT2D eigenvalue weighted by molar-refractivity contribution is 7.13. The Morgan fingerprint density at radius 1 is 1.53 bits per heavy atom. The van der Waals surface area contributed by atoms with Crippen LogP contribution >= 0.6 is 11.3 Å². The average molecular weight is 284 g/mol. The SMILES string of the molecule is CCc1csc(NC(=O)N(C)CC(C)C(=O)NC)n1. The molecule has 0 fully saturated rings. The van der Waals surface area contributed by atoms with Crippen molar-refractivity contribution >= 4 is 28.4 Å². The van der Waals surface area contributed by atoms with Gasteiger partial charge in [-0.3, -0.25) is 10.1 Å². The van der Waals surface area contributed by atoms with Gasteiger partial charge in [0, 0.05) is 26.0 Å². The lowest BCUT2D eigenvalue weighted by Gasteiger charge is -2.20. The van der Waals surface area contributed by atoms with E-state index in [-0.39, 0.29) is 17.9 Å². The molecule has 0 saturated heterocycles. The molecule has 0 aliphatic heterocycles. The van der Waals surface area contributed by atoms with Crippen molar-refractivity contribution < 1.29 is 9.59 Å². The molecule has 1 rings (SSSR count). The van der Waals surface area contributed by atoms with Crippen LogP contribution < -0.4 is 10.6 Å². The van der Waals surface area contributed by atoms with Crippen molar-refractivity contribution in [3.8, 4) is 0 Å². The maximum absolute atomic E-state index is 11.9. The summed E-state index contributed by atoms with van der Waals surface area (Å²) in [4.78, 5) is 29.0. The second-order valence-electron chi connectivity index (χ2n) is 4.32. The summed E-state index contributed by atoms with van der Waals surface area (Å²) in [6.07, 6.45) is 0.843. The smallest absolute Gasteiger partial charge is 0.323 e. The summed E-state index contributed by atoms with van der Waals surface area (Å²) < 4.78 is 0. The molecule has 2 N–H and O–H groups in total. The zero-order valence-electron chi connectivity index (χ0n) is 11.7. The topological polar surface area (TPSA) is 74.3 Å². The van der Waals surface area contributed by atoms with E-state index in [0.29, 0.717) is 11.7 Å². The van der Waals surface area contributed by atoms with Gasteiger partial charge < -0.3 is 10.2 Å². The molecule has 106 valence electrons. The fraction of sp³-hybridized carbons (Fsp3) is 0.583. The minimum atomic E-state index is -0.257. The number of amides is 3. The lowest BCUT2D eigenvalue weighted by Crippen LogP contribution is -2.39. The van der Waals surface area contributed by atoms with Crippen LogP contribution in [0.1, 0.15) is 19.5 Å². The molecule has 3 amide bonds. The number of hydrogen-bond acceptors (Lipinski definition) is 4. The Kier molecular flexibility index (Phi) is 5.75. The first kappa shape index (κ1) is 15.4. The summed E-state index contributed by atoms with van der Waals surface area (Å²) in [6, 6.07) is -0.257. The maximum atomic E-state index is 11.9. The number of aryl methyl sites for hydroxylation is 1. The fourth-order valence-corrected chi connectivity index (χ4v) is 2.32. The van der Waals surface area contributed by atoms with Crippen LogP contribution in [-0.4, -0.2) is 42.5 Å². The molecular formula is C12H20N4O2S. The second kappa shape index (κ2) is 7.08. The minimum absolute atomic E-state index is 0.0813. The molecule has 0 spiro atoms. The van der Waals surface area contributed by atoms with Crippen molar-refractivity contribution in [3.05, 3.63) is 11.1 Å². The van der Waals surface area contributed by atoms with Crippen LogP contribution in [0.5, 0.6) is 0 Å². The highest BCUT2D eigenvalue weighted by Crippen LogP contribution is 2.16. The van der Waals surface area contributed by atoms with E-state index in [0.717, 1.165) is 12.1 Å². The number of nitrogens with zero attached hydrogens (tertiary/aromatic N) is 2. The van der Waals surface area contributed by atoms with Gasteiger partial charge in [0.1, 0.15) is 0 Å². The predicted octanol–water partition coefficient (Wildman–Crippen LogP) is 1.55. The van der Waals surface area contributed by atoms with Gasteiger partial charge in [-0.05, 0) is 6.42 Å². The van der Waals surface area contributed by atoms with E-state index in [1.807, 2.05) is 12.3 Å². The second-order valence-corrected chi connectivity index (χ2v) is 5.18. The van der Waals surface area contributed by atoms with Gasteiger partial charge in [0.15, 0.2) is 5.13 Å². The van der Waals surface area contributed by atoms with Crippen molar-refractivity contribution in [1.82, 2.24) is 15.2 Å². The summed E-state index contributed by atoms with van der Waals surface area (Å²) in [7, 11) is 3.24. The van der Waals surface area contributed by atoms with E-state index in [4.69, 9.17) is 0 Å². The van der Waals surface area contributed by atoms with Crippen LogP contribution in [-0.2, 0) is 11.2 Å². The highest BCUT2D eigenvalue weighted by atomic mass is 32.1. The number of hydrogen-bond donors (Lipinski definition) is 2. The molecule has 1 atom stereocenters. The lowest BCUT2D eigenvalue weighted by atomic mass is 10.1. The van der Waals surface area contributed by atoms with Crippen molar-refractivity contribution in [2.75, 3.05) is 26.0 Å². The van der Waals surface area contributed by atoms with Gasteiger partial charge in [0.25, 0.3) is 0 Å². The van der Waals surface area contributed by atoms with Crippen LogP contribution in [0.25, 0.3) is 0 Å². The van der Waals surface area contributed by atoms with Crippen molar-refractivity contribution in [2.45, 2.75) is 20.3 Å². The normalized spacial score (nSPS) is 11.8. The Hall–Kier alpha value is -1.63. The first-order valence-corrected chi connectivity index (χ1v) is 7.04. The van der Waals surface area contributed by atoms with Crippen molar-refractivity contribution in [1.29, 1.82) is 0 Å². The Morgan fingerprint density at radius 3 is 2.74 bits per heavy atom. The fourth-order valence-electron chi connectivity index (χ4n) is 1.54. The summed E-state index contributed by atoms with van der Waals surface area (Å²) in [5.74, 6) is -0.328. The van der Waals surface area contributed by atoms with E-state index in [1.165, 1.54) is 16.2 Å². The largest absolute Gasteiger partial charge is 0.359 e. The predicted molar refractivity (Wildman–Crippen MR) is 76.4 cm³/mol. The van der Waals surface area contributed by atoms with Gasteiger partial charge in [-0.25, -0.2) is 9.78 Å². The van der Waals surface area contributed by atoms with Gasteiger partial charge in [0.2, 0.25) is 5.91 Å². The number of carbonyl (C=O) groups is 2. The first-order valence-electron chi connectivity index (χ1n) is 6.16. The molecule has 0 aliphatic rings. The number of nitrogens with one attached hydrogen (secondary N) is 2. The van der Waals surface area contributed by atoms with E-state index >= 15 is 0 Å². The molecule has 1 heterocycles. The molecule has 0 saturated carbocycles. The van der Waals surface area contributed by atoms with E-state index < -0.39 is 0 Å². The molecule has 0 aliphatic carbocycles. The quantitative estimate of drug-likeness (QED) is 0.861. The number of anilines is 1. The Bertz CT molecular complexity index is 447. The van der Waals surface area contributed by atoms with Gasteiger partial charge in [-0.2, -0.15) is 0 Å². The van der Waals surface area contributed by atoms with Crippen LogP contribution in [0, 0.1) is 5.92 Å². The van der Waals surface area contributed by atoms with E-state index in [9.17, 15) is 9.59 Å². The highest BCUT2D eigenvalue weighted by Gasteiger charge is 2.17. The van der Waals surface area contributed by atoms with Crippen LogP contribution in [0.2, 0.25) is 0 Å². The number of urea groups is 1. The van der Waals surface area contributed by atoms with Gasteiger partial charge in [0.05, 0.1) is 11.6 Å². The summed E-state index contributed by atoms with van der Waals surface area (Å²) in [5, 5.41) is 7.79. The lowest BCUT2D eigenvalue weighted by molar-refractivity contribution is -0.124. The van der Waals surface area contributed by atoms with Gasteiger partial charge in [-0.1, -0.05) is 13.8 Å². The molecule has 0 bridgehead atoms. The number of carbonyl (C=O) groups excluding carboxylic acids is 2. The van der Waals surface area contributed by atoms with Gasteiger partial charge >= 0.3 is 6.03 Å². The standard InChI is InChI=1S/C12H20N4O2S/c1-5-9-7-19-11(14-9)15-12(18)16(4)6-8(2)10(17)13-3/h7-8H,5-6H2,1-4H3,(H,13,17)(H,14,15,18). The van der Waals surface area contributed by atoms with Crippen LogP contribution in [0.15, 0.2) is 5.38 Å². The molecule has 1 aromatic rings. The third-order valence-corrected chi connectivity index (χ3v) is 3.52. The van der Waals surface area contributed by atoms with Crippen LogP contribution in [0.3, 0.4) is 0 Å². The third kappa shape index (κ3) is 4.51. The third-order valence-electron chi connectivity index (χ3n) is 2.72. The molecule has 1 unspecified atom stereocenters. The number of rotatable bonds is 5. The zero-order valence-corrected chi connectivity index (χ0v) is 12.5. The summed E-state index contributed by atoms with van der Waals surface area (Å²) in [5.41, 5.74) is 0.960. The molecule has 0 radical (unpaired) electrons. The Labute approximate surface area is 117 Å². The molecule has 7 heteroatoms. The zero-order chi connectivity index (χ0) is 14.4. The average Bonchev–Trinajstić information content (AvgIpc) is 2.85. The number of thiazole rings is 1. The molecular weight excluding hydrogens is 264 g/mol. The number of aromatic nitrogens is 1. The van der Waals surface area contributed by atoms with E-state index in [1.54, 1.807) is 21.0 Å². The van der Waals surface area contributed by atoms with E-state index in [2.05, 4.69) is 15.6 Å². The molecule has 19 heavy (non-hydrogen) atoms. The molecule has 1 aromatic heterocycles. The first-order chi connectivity index (χ1) is 8.97. The molecule has 0 aromatic carbocycles. The molecule has 6 nitrogen and oxygen atoms in total. The Morgan fingerprint density at radius 2 is 2.21 bits per heavy atom. The Balaban J connectivity index is 2.50. The maximum Gasteiger partial charge on any atom is 0.323 e. The monoisotopic (exact) mass is 284 g/mol. The van der Waals surface area contributed by atoms with Crippen LogP contribution in [0.4, 0.5) is 9.93 Å². The van der Waals surface area contributed by atoms with Crippen molar-refractivity contribution in [3.63, 3.8) is 0 Å². The minimum Gasteiger partial charge on any atom is -0.359 e.